The highest BCUT2D eigenvalue weighted by Gasteiger charge is 2.22. The molecule has 0 bridgehead atoms. The molecule has 0 saturated heterocycles. The highest BCUT2D eigenvalue weighted by molar-refractivity contribution is 7.71. The summed E-state index contributed by atoms with van der Waals surface area (Å²) >= 11 is 5.01. The van der Waals surface area contributed by atoms with Crippen molar-refractivity contribution in [3.8, 4) is 0 Å². The molecule has 0 aliphatic rings. The number of methoxy groups -OCH3 is 1. The van der Waals surface area contributed by atoms with Gasteiger partial charge in [0.05, 0.1) is 12.6 Å². The van der Waals surface area contributed by atoms with Crippen LogP contribution in [0.25, 0.3) is 11.0 Å². The maximum atomic E-state index is 13.8. The Balaban J connectivity index is 2.78. The Kier molecular flexibility index (Phi) is 3.16. The summed E-state index contributed by atoms with van der Waals surface area (Å²) < 4.78 is 32.9. The summed E-state index contributed by atoms with van der Waals surface area (Å²) in [6.07, 6.45) is 0. The topological polar surface area (TPSA) is 47.0 Å². The maximum absolute atomic E-state index is 13.8. The van der Waals surface area contributed by atoms with Crippen LogP contribution in [-0.4, -0.2) is 22.6 Å². The Morgan fingerprint density at radius 2 is 2.17 bits per heavy atom. The largest absolute Gasteiger partial charge is 0.467 e. The molecule has 18 heavy (non-hydrogen) atoms. The third-order valence-corrected chi connectivity index (χ3v) is 3.00. The van der Waals surface area contributed by atoms with Gasteiger partial charge in [0, 0.05) is 0 Å². The van der Waals surface area contributed by atoms with Gasteiger partial charge < -0.3 is 14.3 Å². The summed E-state index contributed by atoms with van der Waals surface area (Å²) in [5.41, 5.74) is 0.257. The van der Waals surface area contributed by atoms with Gasteiger partial charge in [0.1, 0.15) is 11.6 Å². The lowest BCUT2D eigenvalue weighted by molar-refractivity contribution is -0.143. The summed E-state index contributed by atoms with van der Waals surface area (Å²) in [4.78, 5) is 14.2. The van der Waals surface area contributed by atoms with Crippen molar-refractivity contribution in [2.75, 3.05) is 7.11 Å². The van der Waals surface area contributed by atoms with E-state index in [1.165, 1.54) is 24.7 Å². The van der Waals surface area contributed by atoms with Crippen molar-refractivity contribution in [1.82, 2.24) is 9.55 Å². The standard InChI is InChI=1S/C11H10F2N2O2S/c1-5(10(16)17-2)15-9-7(14-11(15)18)4-3-6(12)8(9)13/h3-5H,1-2H3,(H,14,18). The molecule has 0 aliphatic heterocycles. The summed E-state index contributed by atoms with van der Waals surface area (Å²) in [6, 6.07) is 1.52. The SMILES string of the molecule is COC(=O)C(C)n1c(=S)[nH]c2ccc(F)c(F)c21. The smallest absolute Gasteiger partial charge is 0.328 e. The number of aromatic nitrogens is 2. The molecule has 2 rings (SSSR count). The summed E-state index contributed by atoms with van der Waals surface area (Å²) in [5, 5.41) is 0. The number of aromatic amines is 1. The van der Waals surface area contributed by atoms with E-state index >= 15 is 0 Å². The Morgan fingerprint density at radius 1 is 1.50 bits per heavy atom. The number of hydrogen-bond acceptors (Lipinski definition) is 3. The fourth-order valence-corrected chi connectivity index (χ4v) is 2.16. The number of fused-ring (bicyclic) bond motifs is 1. The lowest BCUT2D eigenvalue weighted by atomic mass is 10.2. The molecule has 0 radical (unpaired) electrons. The third-order valence-electron chi connectivity index (χ3n) is 2.70. The molecule has 7 heteroatoms. The molecule has 1 aromatic carbocycles. The summed E-state index contributed by atoms with van der Waals surface area (Å²) in [7, 11) is 1.22. The average Bonchev–Trinajstić information content (AvgIpc) is 2.69. The van der Waals surface area contributed by atoms with Crippen molar-refractivity contribution in [3.63, 3.8) is 0 Å². The number of hydrogen-bond donors (Lipinski definition) is 1. The molecule has 0 amide bonds. The molecule has 1 aromatic heterocycles. The second-order valence-electron chi connectivity index (χ2n) is 3.76. The zero-order valence-corrected chi connectivity index (χ0v) is 10.5. The van der Waals surface area contributed by atoms with Crippen molar-refractivity contribution >= 4 is 29.2 Å². The first kappa shape index (κ1) is 12.7. The van der Waals surface area contributed by atoms with Crippen LogP contribution in [0.5, 0.6) is 0 Å². The zero-order chi connectivity index (χ0) is 13.4. The van der Waals surface area contributed by atoms with Gasteiger partial charge >= 0.3 is 5.97 Å². The van der Waals surface area contributed by atoms with Crippen molar-refractivity contribution < 1.29 is 18.3 Å². The van der Waals surface area contributed by atoms with Gasteiger partial charge in [0.15, 0.2) is 16.4 Å². The van der Waals surface area contributed by atoms with E-state index in [-0.39, 0.29) is 10.3 Å². The van der Waals surface area contributed by atoms with E-state index in [0.717, 1.165) is 6.07 Å². The van der Waals surface area contributed by atoms with E-state index < -0.39 is 23.6 Å². The minimum absolute atomic E-state index is 0.0714. The number of rotatable bonds is 2. The van der Waals surface area contributed by atoms with Crippen LogP contribution < -0.4 is 0 Å². The number of carbonyl (C=O) groups excluding carboxylic acids is 1. The molecule has 1 unspecified atom stereocenters. The summed E-state index contributed by atoms with van der Waals surface area (Å²) in [5.74, 6) is -2.63. The molecule has 0 spiro atoms. The number of nitrogens with zero attached hydrogens (tertiary/aromatic N) is 1. The van der Waals surface area contributed by atoms with Gasteiger partial charge in [-0.25, -0.2) is 13.6 Å². The number of benzene rings is 1. The number of H-pyrrole nitrogens is 1. The van der Waals surface area contributed by atoms with Crippen LogP contribution in [0.1, 0.15) is 13.0 Å². The highest BCUT2D eigenvalue weighted by Crippen LogP contribution is 2.24. The number of nitrogens with one attached hydrogen (secondary N) is 1. The first-order chi connectivity index (χ1) is 8.47. The Morgan fingerprint density at radius 3 is 2.78 bits per heavy atom. The normalized spacial score (nSPS) is 12.7. The Hall–Kier alpha value is -1.76. The number of carbonyl (C=O) groups is 1. The molecule has 0 fully saturated rings. The second-order valence-corrected chi connectivity index (χ2v) is 4.14. The van der Waals surface area contributed by atoms with Gasteiger partial charge in [-0.2, -0.15) is 0 Å². The van der Waals surface area contributed by atoms with Gasteiger partial charge in [-0.15, -0.1) is 0 Å². The van der Waals surface area contributed by atoms with Crippen LogP contribution in [0, 0.1) is 16.4 Å². The van der Waals surface area contributed by atoms with Crippen LogP contribution >= 0.6 is 12.2 Å². The molecule has 0 saturated carbocycles. The van der Waals surface area contributed by atoms with Crippen LogP contribution in [-0.2, 0) is 9.53 Å². The molecular weight excluding hydrogens is 262 g/mol. The molecule has 1 atom stereocenters. The predicted molar refractivity (Wildman–Crippen MR) is 63.8 cm³/mol. The minimum Gasteiger partial charge on any atom is -0.467 e. The fraction of sp³-hybridized carbons (Fsp3) is 0.273. The van der Waals surface area contributed by atoms with Crippen molar-refractivity contribution in [1.29, 1.82) is 0 Å². The van der Waals surface area contributed by atoms with E-state index in [0.29, 0.717) is 5.52 Å². The second kappa shape index (κ2) is 4.49. The van der Waals surface area contributed by atoms with Crippen molar-refractivity contribution in [3.05, 3.63) is 28.5 Å². The van der Waals surface area contributed by atoms with Gasteiger partial charge in [-0.05, 0) is 31.3 Å². The number of imidazole rings is 1. The van der Waals surface area contributed by atoms with Gasteiger partial charge in [-0.1, -0.05) is 0 Å². The first-order valence-electron chi connectivity index (χ1n) is 5.13. The molecular formula is C11H10F2N2O2S. The lowest BCUT2D eigenvalue weighted by Gasteiger charge is -2.12. The predicted octanol–water partition coefficient (Wildman–Crippen LogP) is 2.71. The molecule has 0 aliphatic carbocycles. The maximum Gasteiger partial charge on any atom is 0.328 e. The summed E-state index contributed by atoms with van der Waals surface area (Å²) in [6.45, 7) is 1.50. The zero-order valence-electron chi connectivity index (χ0n) is 9.66. The van der Waals surface area contributed by atoms with E-state index in [1.54, 1.807) is 0 Å². The van der Waals surface area contributed by atoms with Crippen LogP contribution in [0.2, 0.25) is 0 Å². The third kappa shape index (κ3) is 1.80. The quantitative estimate of drug-likeness (QED) is 0.675. The van der Waals surface area contributed by atoms with Gasteiger partial charge in [-0.3, -0.25) is 0 Å². The molecule has 96 valence electrons. The average molecular weight is 272 g/mol. The number of halogens is 2. The fourth-order valence-electron chi connectivity index (χ4n) is 1.80. The lowest BCUT2D eigenvalue weighted by Crippen LogP contribution is -2.18. The number of ether oxygens (including phenoxy) is 1. The van der Waals surface area contributed by atoms with Gasteiger partial charge in [0.25, 0.3) is 0 Å². The van der Waals surface area contributed by atoms with Crippen molar-refractivity contribution in [2.45, 2.75) is 13.0 Å². The minimum atomic E-state index is -1.05. The Labute approximate surface area is 106 Å². The van der Waals surface area contributed by atoms with Crippen LogP contribution in [0.4, 0.5) is 8.78 Å². The number of esters is 1. The molecule has 1 heterocycles. The highest BCUT2D eigenvalue weighted by atomic mass is 32.1. The molecule has 2 aromatic rings. The van der Waals surface area contributed by atoms with Gasteiger partial charge in [0.2, 0.25) is 0 Å². The first-order valence-corrected chi connectivity index (χ1v) is 5.54. The molecule has 4 nitrogen and oxygen atoms in total. The van der Waals surface area contributed by atoms with E-state index in [2.05, 4.69) is 9.72 Å². The van der Waals surface area contributed by atoms with Crippen LogP contribution in [0.15, 0.2) is 12.1 Å². The Bertz CT molecular complexity index is 677. The van der Waals surface area contributed by atoms with E-state index in [1.807, 2.05) is 0 Å². The monoisotopic (exact) mass is 272 g/mol. The van der Waals surface area contributed by atoms with E-state index in [4.69, 9.17) is 12.2 Å². The van der Waals surface area contributed by atoms with E-state index in [9.17, 15) is 13.6 Å². The van der Waals surface area contributed by atoms with Crippen LogP contribution in [0.3, 0.4) is 0 Å². The molecule has 1 N–H and O–H groups in total. The van der Waals surface area contributed by atoms with Crippen molar-refractivity contribution in [2.24, 2.45) is 0 Å².